The van der Waals surface area contributed by atoms with Gasteiger partial charge in [-0.2, -0.15) is 9.97 Å². The van der Waals surface area contributed by atoms with E-state index >= 15 is 8.78 Å². The van der Waals surface area contributed by atoms with Gasteiger partial charge in [0.05, 0.1) is 24.5 Å². The number of fused-ring (bicyclic) bond motifs is 2. The minimum atomic E-state index is -0.958. The van der Waals surface area contributed by atoms with Crippen molar-refractivity contribution < 1.29 is 46.3 Å². The van der Waals surface area contributed by atoms with Crippen molar-refractivity contribution in [1.29, 1.82) is 0 Å². The number of carbonyl (C=O) groups is 5. The van der Waals surface area contributed by atoms with E-state index in [1.807, 2.05) is 80.6 Å². The van der Waals surface area contributed by atoms with Crippen LogP contribution in [-0.2, 0) is 30.9 Å². The second kappa shape index (κ2) is 27.9. The van der Waals surface area contributed by atoms with Crippen molar-refractivity contribution in [1.82, 2.24) is 51.4 Å². The van der Waals surface area contributed by atoms with E-state index < -0.39 is 58.4 Å². The third-order valence-electron chi connectivity index (χ3n) is 14.2. The fraction of sp³-hybridized carbons (Fsp3) is 0.246. The van der Waals surface area contributed by atoms with Gasteiger partial charge >= 0.3 is 18.2 Å². The highest BCUT2D eigenvalue weighted by molar-refractivity contribution is 6.04. The number of nitrogens with zero attached hydrogens (tertiary/aromatic N) is 7. The minimum absolute atomic E-state index is 0.0245. The molecule has 0 fully saturated rings. The van der Waals surface area contributed by atoms with Crippen LogP contribution >= 0.6 is 0 Å². The van der Waals surface area contributed by atoms with Crippen molar-refractivity contribution in [2.45, 2.75) is 66.4 Å². The van der Waals surface area contributed by atoms with E-state index in [0.717, 1.165) is 56.3 Å². The second-order valence-corrected chi connectivity index (χ2v) is 21.8. The van der Waals surface area contributed by atoms with E-state index in [0.29, 0.717) is 70.9 Å². The topological polar surface area (TPSA) is 240 Å². The molecule has 4 heterocycles. The number of ether oxygens (including phenoxy) is 1. The fourth-order valence-electron chi connectivity index (χ4n) is 9.61. The molecule has 7 N–H and O–H groups in total. The number of carbonyl (C=O) groups excluding carboxylic acids is 5. The van der Waals surface area contributed by atoms with Crippen LogP contribution in [0, 0.1) is 37.1 Å². The molecule has 7 amide bonds. The number of hydrogen-bond donors (Lipinski definition) is 7. The summed E-state index contributed by atoms with van der Waals surface area (Å²) >= 11 is 0. The SMILES string of the molecule is CNCCNc1nc(-c2cc(C(=O)NCc3ccccc3)ccc2C)c2c(n1)N(c1c(F)cccc1F)C(=O)NC2.Cc1ccc(C(=O)NCc2ccccc2)cc1-c1nc(NCCN(C)C(=O)OC(C)(C)C)nc2c1CNC(=O)N2c1c(F)cccc1F. The molecule has 89 heavy (non-hydrogen) atoms. The lowest BCUT2D eigenvalue weighted by atomic mass is 9.97. The quantitative estimate of drug-likeness (QED) is 0.0313. The van der Waals surface area contributed by atoms with E-state index in [9.17, 15) is 32.8 Å². The fourth-order valence-corrected chi connectivity index (χ4v) is 9.61. The van der Waals surface area contributed by atoms with Crippen molar-refractivity contribution >= 4 is 64.9 Å². The summed E-state index contributed by atoms with van der Waals surface area (Å²) in [5, 5.41) is 20.4. The Morgan fingerprint density at radius 1 is 0.573 bits per heavy atom. The van der Waals surface area contributed by atoms with Crippen LogP contribution in [0.15, 0.2) is 133 Å². The molecule has 8 aromatic rings. The monoisotopic (exact) mass is 1210 g/mol. The molecule has 24 heteroatoms. The number of hydrogen-bond acceptors (Lipinski definition) is 13. The highest BCUT2D eigenvalue weighted by Gasteiger charge is 2.36. The Hall–Kier alpha value is -10.5. The van der Waals surface area contributed by atoms with Crippen LogP contribution in [-0.4, -0.2) is 101 Å². The third kappa shape index (κ3) is 15.0. The zero-order valence-corrected chi connectivity index (χ0v) is 50.0. The molecule has 0 spiro atoms. The van der Waals surface area contributed by atoms with Gasteiger partial charge in [0.2, 0.25) is 11.9 Å². The first-order chi connectivity index (χ1) is 42.7. The number of nitrogens with one attached hydrogen (secondary N) is 7. The van der Waals surface area contributed by atoms with E-state index in [4.69, 9.17) is 14.7 Å². The van der Waals surface area contributed by atoms with Crippen molar-refractivity contribution in [3.8, 4) is 22.5 Å². The first kappa shape index (κ1) is 63.0. The standard InChI is InChI=1S/C35H37F2N7O4.C30H29F2N7O2/c1-21-14-15-23(31(45)39-19-22-10-7-6-8-11-22)18-24(21)28-25-20-40-33(46)44(29-26(36)12-9-13-27(29)37)30(25)42-32(41-28)38-16-17-43(5)34(47)48-35(2,3)4;1-18-11-12-20(28(40)35-16-19-7-4-3-5-8-19)15-21(18)25-22-17-36-30(41)39(26-23(31)9-6-10-24(26)32)27(22)38-29(37-25)34-14-13-33-2/h6-15,18H,16-17,19-20H2,1-5H3,(H,39,45)(H,40,46)(H,38,41,42);3-12,15,33H,13-14,16-17H2,1-2H3,(H,35,40)(H,36,41)(H,34,37,38). The molecule has 0 saturated carbocycles. The summed E-state index contributed by atoms with van der Waals surface area (Å²) in [7, 11) is 3.38. The summed E-state index contributed by atoms with van der Waals surface area (Å²) in [5.41, 5.74) is 5.24. The molecule has 20 nitrogen and oxygen atoms in total. The summed E-state index contributed by atoms with van der Waals surface area (Å²) in [4.78, 5) is 86.7. The molecule has 2 aromatic heterocycles. The van der Waals surface area contributed by atoms with Gasteiger partial charge in [-0.1, -0.05) is 84.9 Å². The second-order valence-electron chi connectivity index (χ2n) is 21.8. The Bertz CT molecular complexity index is 3910. The molecular formula is C65H66F4N14O6. The number of aryl methyl sites for hydroxylation is 2. The van der Waals surface area contributed by atoms with Crippen LogP contribution in [0.2, 0.25) is 0 Å². The average molecular weight is 1220 g/mol. The molecule has 2 aliphatic rings. The van der Waals surface area contributed by atoms with Gasteiger partial charge in [-0.15, -0.1) is 0 Å². The highest BCUT2D eigenvalue weighted by atomic mass is 19.1. The van der Waals surface area contributed by atoms with Gasteiger partial charge in [-0.3, -0.25) is 9.59 Å². The van der Waals surface area contributed by atoms with Crippen molar-refractivity contribution in [3.63, 3.8) is 0 Å². The number of benzene rings is 6. The average Bonchev–Trinajstić information content (AvgIpc) is 0.805. The zero-order chi connectivity index (χ0) is 63.5. The number of para-hydroxylation sites is 2. The van der Waals surface area contributed by atoms with Gasteiger partial charge in [0.1, 0.15) is 40.2 Å². The van der Waals surface area contributed by atoms with Crippen molar-refractivity contribution in [2.75, 3.05) is 60.7 Å². The maximum Gasteiger partial charge on any atom is 0.410 e. The molecular weight excluding hydrogens is 1150 g/mol. The normalized spacial score (nSPS) is 12.5. The van der Waals surface area contributed by atoms with Gasteiger partial charge in [0, 0.05) is 79.7 Å². The Labute approximate surface area is 511 Å². The smallest absolute Gasteiger partial charge is 0.410 e. The van der Waals surface area contributed by atoms with Gasteiger partial charge in [-0.25, -0.2) is 51.7 Å². The number of amides is 7. The van der Waals surface area contributed by atoms with Crippen LogP contribution in [0.3, 0.4) is 0 Å². The first-order valence-electron chi connectivity index (χ1n) is 28.5. The lowest BCUT2D eigenvalue weighted by Gasteiger charge is -2.31. The van der Waals surface area contributed by atoms with Crippen molar-refractivity contribution in [3.05, 3.63) is 201 Å². The molecule has 460 valence electrons. The lowest BCUT2D eigenvalue weighted by Crippen LogP contribution is -2.43. The van der Waals surface area contributed by atoms with Crippen LogP contribution in [0.25, 0.3) is 22.5 Å². The van der Waals surface area contributed by atoms with Crippen LogP contribution in [0.5, 0.6) is 0 Å². The molecule has 0 aliphatic carbocycles. The molecule has 6 aromatic carbocycles. The summed E-state index contributed by atoms with van der Waals surface area (Å²) < 4.78 is 65.4. The molecule has 0 radical (unpaired) electrons. The lowest BCUT2D eigenvalue weighted by molar-refractivity contribution is 0.0305. The number of aromatic nitrogens is 4. The number of anilines is 6. The highest BCUT2D eigenvalue weighted by Crippen LogP contribution is 2.41. The molecule has 0 saturated heterocycles. The minimum Gasteiger partial charge on any atom is -0.444 e. The summed E-state index contributed by atoms with van der Waals surface area (Å²) in [6, 6.07) is 34.7. The van der Waals surface area contributed by atoms with Gasteiger partial charge < -0.3 is 46.9 Å². The van der Waals surface area contributed by atoms with Crippen molar-refractivity contribution in [2.24, 2.45) is 0 Å². The molecule has 0 bridgehead atoms. The van der Waals surface area contributed by atoms with Gasteiger partial charge in [0.15, 0.2) is 11.6 Å². The Morgan fingerprint density at radius 3 is 1.39 bits per heavy atom. The van der Waals surface area contributed by atoms with E-state index in [1.165, 1.54) is 17.0 Å². The first-order valence-corrected chi connectivity index (χ1v) is 28.5. The largest absolute Gasteiger partial charge is 0.444 e. The maximum atomic E-state index is 15.1. The van der Waals surface area contributed by atoms with Crippen LogP contribution in [0.1, 0.15) is 74.9 Å². The van der Waals surface area contributed by atoms with Crippen LogP contribution in [0.4, 0.5) is 66.9 Å². The number of urea groups is 2. The Morgan fingerprint density at radius 2 is 0.989 bits per heavy atom. The molecule has 0 atom stereocenters. The molecule has 0 unspecified atom stereocenters. The predicted octanol–water partition coefficient (Wildman–Crippen LogP) is 11.0. The molecule has 10 rings (SSSR count). The van der Waals surface area contributed by atoms with E-state index in [2.05, 4.69) is 47.2 Å². The number of likely N-dealkylation sites (N-methyl/N-ethyl adjacent to an activating group) is 2. The van der Waals surface area contributed by atoms with Gasteiger partial charge in [-0.05, 0) is 112 Å². The molecule has 2 aliphatic heterocycles. The van der Waals surface area contributed by atoms with Gasteiger partial charge in [0.25, 0.3) is 11.8 Å². The zero-order valence-electron chi connectivity index (χ0n) is 50.0. The number of halogens is 4. The van der Waals surface area contributed by atoms with E-state index in [-0.39, 0.29) is 61.5 Å². The van der Waals surface area contributed by atoms with E-state index in [1.54, 1.807) is 65.2 Å². The van der Waals surface area contributed by atoms with Crippen LogP contribution < -0.4 is 47.0 Å². The summed E-state index contributed by atoms with van der Waals surface area (Å²) in [5.74, 6) is -4.09. The number of rotatable bonds is 18. The Balaban J connectivity index is 0.000000214. The summed E-state index contributed by atoms with van der Waals surface area (Å²) in [6.45, 7) is 11.1. The third-order valence-corrected chi connectivity index (χ3v) is 14.2. The maximum absolute atomic E-state index is 15.1. The Kier molecular flexibility index (Phi) is 19.8. The predicted molar refractivity (Wildman–Crippen MR) is 331 cm³/mol. The summed E-state index contributed by atoms with van der Waals surface area (Å²) in [6.07, 6.45) is -0.521.